The molecule has 148 valence electrons. The highest BCUT2D eigenvalue weighted by Crippen LogP contribution is 2.29. The third-order valence-electron chi connectivity index (χ3n) is 5.99. The first-order valence-corrected chi connectivity index (χ1v) is 10.6. The number of anilines is 1. The number of hydrogen-bond donors (Lipinski definition) is 0. The Hall–Kier alpha value is -2.92. The monoisotopic (exact) mass is 385 g/mol. The molecule has 0 bridgehead atoms. The average molecular weight is 386 g/mol. The van der Waals surface area contributed by atoms with Crippen molar-refractivity contribution in [2.75, 3.05) is 37.6 Å². The Labute approximate surface area is 171 Å². The van der Waals surface area contributed by atoms with E-state index in [0.29, 0.717) is 0 Å². The Kier molecular flexibility index (Phi) is 5.13. The third kappa shape index (κ3) is 3.70. The van der Waals surface area contributed by atoms with Crippen molar-refractivity contribution in [1.82, 2.24) is 19.4 Å². The second-order valence-electron chi connectivity index (χ2n) is 7.77. The number of aryl methyl sites for hydroxylation is 1. The number of fused-ring (bicyclic) bond motifs is 3. The Morgan fingerprint density at radius 3 is 1.90 bits per heavy atom. The lowest BCUT2D eigenvalue weighted by Gasteiger charge is -2.34. The van der Waals surface area contributed by atoms with Gasteiger partial charge in [0.25, 0.3) is 0 Å². The van der Waals surface area contributed by atoms with Gasteiger partial charge in [-0.3, -0.25) is 4.90 Å². The molecule has 0 aliphatic carbocycles. The maximum absolute atomic E-state index is 4.37. The van der Waals surface area contributed by atoms with Crippen LogP contribution in [0.4, 0.5) is 5.95 Å². The molecular formula is C24H27N5. The van der Waals surface area contributed by atoms with Crippen molar-refractivity contribution < 1.29 is 0 Å². The number of aromatic nitrogens is 3. The van der Waals surface area contributed by atoms with Gasteiger partial charge in [0.05, 0.1) is 0 Å². The molecule has 0 unspecified atom stereocenters. The van der Waals surface area contributed by atoms with Gasteiger partial charge < -0.3 is 9.47 Å². The van der Waals surface area contributed by atoms with Gasteiger partial charge in [0, 0.05) is 66.9 Å². The van der Waals surface area contributed by atoms with E-state index in [-0.39, 0.29) is 0 Å². The van der Waals surface area contributed by atoms with Crippen molar-refractivity contribution >= 4 is 27.8 Å². The first kappa shape index (κ1) is 18.1. The highest BCUT2D eigenvalue weighted by atomic mass is 15.3. The second-order valence-corrected chi connectivity index (χ2v) is 7.77. The van der Waals surface area contributed by atoms with Crippen LogP contribution in [0.25, 0.3) is 21.8 Å². The molecule has 5 heteroatoms. The molecule has 0 amide bonds. The summed E-state index contributed by atoms with van der Waals surface area (Å²) in [5.74, 6) is 0.860. The maximum Gasteiger partial charge on any atom is 0.225 e. The number of piperazine rings is 1. The van der Waals surface area contributed by atoms with E-state index < -0.39 is 0 Å². The van der Waals surface area contributed by atoms with E-state index >= 15 is 0 Å². The fraction of sp³-hybridized carbons (Fsp3) is 0.333. The minimum atomic E-state index is 0.860. The van der Waals surface area contributed by atoms with Crippen LogP contribution in [0.2, 0.25) is 0 Å². The molecule has 0 atom stereocenters. The lowest BCUT2D eigenvalue weighted by Crippen LogP contribution is -2.47. The van der Waals surface area contributed by atoms with E-state index in [4.69, 9.17) is 0 Å². The van der Waals surface area contributed by atoms with E-state index in [1.165, 1.54) is 41.2 Å². The number of unbranched alkanes of at least 4 members (excludes halogenated alkanes) is 1. The Balaban J connectivity index is 1.17. The predicted molar refractivity (Wildman–Crippen MR) is 119 cm³/mol. The molecular weight excluding hydrogens is 358 g/mol. The van der Waals surface area contributed by atoms with Crippen molar-refractivity contribution in [1.29, 1.82) is 0 Å². The zero-order chi connectivity index (χ0) is 19.5. The largest absolute Gasteiger partial charge is 0.340 e. The first-order valence-electron chi connectivity index (χ1n) is 10.6. The summed E-state index contributed by atoms with van der Waals surface area (Å²) >= 11 is 0. The fourth-order valence-electron chi connectivity index (χ4n) is 4.48. The van der Waals surface area contributed by atoms with Crippen molar-refractivity contribution in [3.63, 3.8) is 0 Å². The Morgan fingerprint density at radius 2 is 1.24 bits per heavy atom. The zero-order valence-electron chi connectivity index (χ0n) is 16.7. The van der Waals surface area contributed by atoms with Gasteiger partial charge >= 0.3 is 0 Å². The molecule has 0 radical (unpaired) electrons. The van der Waals surface area contributed by atoms with Crippen molar-refractivity contribution in [3.8, 4) is 0 Å². The maximum atomic E-state index is 4.37. The summed E-state index contributed by atoms with van der Waals surface area (Å²) in [6, 6.07) is 19.4. The summed E-state index contributed by atoms with van der Waals surface area (Å²) in [5.41, 5.74) is 2.70. The topological polar surface area (TPSA) is 37.2 Å². The summed E-state index contributed by atoms with van der Waals surface area (Å²) in [5, 5.41) is 2.73. The molecule has 1 fully saturated rings. The number of para-hydroxylation sites is 2. The Bertz CT molecular complexity index is 1030. The summed E-state index contributed by atoms with van der Waals surface area (Å²) in [6.45, 7) is 6.45. The van der Waals surface area contributed by atoms with Crippen LogP contribution in [0.3, 0.4) is 0 Å². The summed E-state index contributed by atoms with van der Waals surface area (Å²) in [4.78, 5) is 13.6. The normalized spacial score (nSPS) is 15.4. The molecule has 1 aliphatic heterocycles. The van der Waals surface area contributed by atoms with Crippen LogP contribution < -0.4 is 4.90 Å². The quantitative estimate of drug-likeness (QED) is 0.467. The molecule has 5 rings (SSSR count). The van der Waals surface area contributed by atoms with E-state index in [1.807, 2.05) is 18.5 Å². The molecule has 0 saturated carbocycles. The first-order chi connectivity index (χ1) is 14.4. The molecule has 29 heavy (non-hydrogen) atoms. The summed E-state index contributed by atoms with van der Waals surface area (Å²) in [6.07, 6.45) is 6.07. The van der Waals surface area contributed by atoms with Crippen LogP contribution in [-0.4, -0.2) is 52.2 Å². The molecule has 2 aromatic heterocycles. The van der Waals surface area contributed by atoms with E-state index in [0.717, 1.165) is 38.7 Å². The molecule has 2 aromatic carbocycles. The van der Waals surface area contributed by atoms with Gasteiger partial charge in [0.2, 0.25) is 5.95 Å². The molecule has 4 aromatic rings. The highest BCUT2D eigenvalue weighted by Gasteiger charge is 2.18. The van der Waals surface area contributed by atoms with Gasteiger partial charge in [0.1, 0.15) is 0 Å². The standard InChI is InChI=1S/C24H27N5/c1-3-10-22-20(8-1)21-9-2-4-11-23(21)29(22)15-6-5-14-27-16-18-28(19-17-27)24-25-12-7-13-26-24/h1-4,7-13H,5-6,14-19H2. The van der Waals surface area contributed by atoms with Gasteiger partial charge in [-0.05, 0) is 37.6 Å². The summed E-state index contributed by atoms with van der Waals surface area (Å²) < 4.78 is 2.50. The predicted octanol–water partition coefficient (Wildman–Crippen LogP) is 4.19. The minimum absolute atomic E-state index is 0.860. The number of hydrogen-bond acceptors (Lipinski definition) is 4. The lowest BCUT2D eigenvalue weighted by molar-refractivity contribution is 0.250. The molecule has 3 heterocycles. The number of nitrogens with zero attached hydrogens (tertiary/aromatic N) is 5. The second kappa shape index (κ2) is 8.21. The average Bonchev–Trinajstić information content (AvgIpc) is 3.12. The molecule has 0 spiro atoms. The molecule has 5 nitrogen and oxygen atoms in total. The van der Waals surface area contributed by atoms with Gasteiger partial charge in [-0.1, -0.05) is 36.4 Å². The molecule has 1 aliphatic rings. The smallest absolute Gasteiger partial charge is 0.225 e. The molecule has 1 saturated heterocycles. The van der Waals surface area contributed by atoms with Gasteiger partial charge in [-0.2, -0.15) is 0 Å². The van der Waals surface area contributed by atoms with Crippen LogP contribution in [-0.2, 0) is 6.54 Å². The van der Waals surface area contributed by atoms with Crippen LogP contribution in [0.5, 0.6) is 0 Å². The van der Waals surface area contributed by atoms with Gasteiger partial charge in [-0.25, -0.2) is 9.97 Å². The van der Waals surface area contributed by atoms with Crippen LogP contribution >= 0.6 is 0 Å². The van der Waals surface area contributed by atoms with Gasteiger partial charge in [0.15, 0.2) is 0 Å². The fourth-order valence-corrected chi connectivity index (χ4v) is 4.48. The summed E-state index contributed by atoms with van der Waals surface area (Å²) in [7, 11) is 0. The Morgan fingerprint density at radius 1 is 0.655 bits per heavy atom. The highest BCUT2D eigenvalue weighted by molar-refractivity contribution is 6.07. The van der Waals surface area contributed by atoms with Crippen LogP contribution in [0.15, 0.2) is 67.0 Å². The van der Waals surface area contributed by atoms with Crippen molar-refractivity contribution in [3.05, 3.63) is 67.0 Å². The van der Waals surface area contributed by atoms with Crippen molar-refractivity contribution in [2.24, 2.45) is 0 Å². The van der Waals surface area contributed by atoms with Crippen molar-refractivity contribution in [2.45, 2.75) is 19.4 Å². The van der Waals surface area contributed by atoms with Crippen LogP contribution in [0, 0.1) is 0 Å². The minimum Gasteiger partial charge on any atom is -0.340 e. The molecule has 0 N–H and O–H groups in total. The SMILES string of the molecule is c1cnc(N2CCN(CCCCn3c4ccccc4c4ccccc43)CC2)nc1. The van der Waals surface area contributed by atoms with E-state index in [2.05, 4.69) is 72.9 Å². The zero-order valence-corrected chi connectivity index (χ0v) is 16.7. The van der Waals surface area contributed by atoms with E-state index in [9.17, 15) is 0 Å². The van der Waals surface area contributed by atoms with Gasteiger partial charge in [-0.15, -0.1) is 0 Å². The number of benzene rings is 2. The van der Waals surface area contributed by atoms with Crippen LogP contribution in [0.1, 0.15) is 12.8 Å². The lowest BCUT2D eigenvalue weighted by atomic mass is 10.2. The number of rotatable bonds is 6. The third-order valence-corrected chi connectivity index (χ3v) is 5.99. The van der Waals surface area contributed by atoms with E-state index in [1.54, 1.807) is 0 Å².